The van der Waals surface area contributed by atoms with E-state index in [0.29, 0.717) is 29.3 Å². The summed E-state index contributed by atoms with van der Waals surface area (Å²) in [5, 5.41) is 8.83. The van der Waals surface area contributed by atoms with E-state index in [0.717, 1.165) is 48.3 Å². The van der Waals surface area contributed by atoms with E-state index in [1.54, 1.807) is 0 Å². The molecule has 1 fully saturated rings. The molecule has 1 saturated heterocycles. The van der Waals surface area contributed by atoms with Crippen molar-refractivity contribution in [1.82, 2.24) is 34.5 Å². The maximum atomic E-state index is 14.9. The van der Waals surface area contributed by atoms with Crippen LogP contribution in [0, 0.1) is 5.82 Å². The van der Waals surface area contributed by atoms with E-state index < -0.39 is 5.82 Å². The van der Waals surface area contributed by atoms with Gasteiger partial charge < -0.3 is 10.2 Å². The predicted molar refractivity (Wildman–Crippen MR) is 153 cm³/mol. The van der Waals surface area contributed by atoms with Gasteiger partial charge in [-0.1, -0.05) is 32.9 Å². The topological polar surface area (TPSA) is 75.0 Å². The number of aromatic nitrogens is 5. The van der Waals surface area contributed by atoms with Crippen LogP contribution in [0.25, 0.3) is 22.2 Å². The van der Waals surface area contributed by atoms with Crippen LogP contribution in [0.5, 0.6) is 0 Å². The Morgan fingerprint density at radius 2 is 1.90 bits per heavy atom. The number of benzene rings is 1. The van der Waals surface area contributed by atoms with Crippen molar-refractivity contribution >= 4 is 22.7 Å². The van der Waals surface area contributed by atoms with E-state index >= 15 is 0 Å². The molecular weight excluding hydrogens is 491 g/mol. The summed E-state index contributed by atoms with van der Waals surface area (Å²) in [6.07, 6.45) is 4.64. The number of anilines is 2. The van der Waals surface area contributed by atoms with Crippen molar-refractivity contribution in [3.05, 3.63) is 59.3 Å². The number of halogens is 1. The average molecular weight is 529 g/mol. The monoisotopic (exact) mass is 528 g/mol. The molecule has 0 saturated carbocycles. The zero-order valence-electron chi connectivity index (χ0n) is 23.3. The van der Waals surface area contributed by atoms with Crippen LogP contribution in [0.15, 0.2) is 36.5 Å². The van der Waals surface area contributed by atoms with E-state index in [4.69, 9.17) is 4.98 Å². The number of nitrogens with one attached hydrogen (secondary N) is 1. The normalized spacial score (nSPS) is 17.2. The Kier molecular flexibility index (Phi) is 7.03. The lowest BCUT2D eigenvalue weighted by molar-refractivity contribution is 0.100. The Labute approximate surface area is 229 Å². The number of pyridine rings is 1. The van der Waals surface area contributed by atoms with Gasteiger partial charge >= 0.3 is 0 Å². The molecule has 1 aromatic carbocycles. The number of nitrogens with zero attached hydrogens (tertiary/aromatic N) is 7. The number of likely N-dealkylation sites (tertiary alicyclic amines) is 1. The van der Waals surface area contributed by atoms with Gasteiger partial charge in [0.25, 0.3) is 0 Å². The summed E-state index contributed by atoms with van der Waals surface area (Å²) in [6.45, 7) is 12.0. The molecular formula is C30H37FN8. The smallest absolute Gasteiger partial charge is 0.229 e. The third kappa shape index (κ3) is 5.13. The minimum Gasteiger partial charge on any atom is -0.309 e. The first-order chi connectivity index (χ1) is 18.9. The summed E-state index contributed by atoms with van der Waals surface area (Å²) in [4.78, 5) is 18.8. The van der Waals surface area contributed by atoms with Gasteiger partial charge in [-0.15, -0.1) is 0 Å². The summed E-state index contributed by atoms with van der Waals surface area (Å²) in [6, 6.07) is 10.6. The molecule has 2 aliphatic heterocycles. The van der Waals surface area contributed by atoms with Gasteiger partial charge in [-0.25, -0.2) is 19.3 Å². The van der Waals surface area contributed by atoms with Crippen molar-refractivity contribution in [2.75, 3.05) is 31.5 Å². The Morgan fingerprint density at radius 1 is 1.08 bits per heavy atom. The molecule has 6 rings (SSSR count). The Balaban J connectivity index is 1.20. The Bertz CT molecular complexity index is 1490. The lowest BCUT2D eigenvalue weighted by Gasteiger charge is -2.40. The highest BCUT2D eigenvalue weighted by Crippen LogP contribution is 2.31. The Hall–Kier alpha value is -3.43. The molecule has 204 valence electrons. The second kappa shape index (κ2) is 10.6. The summed E-state index contributed by atoms with van der Waals surface area (Å²) < 4.78 is 16.8. The van der Waals surface area contributed by atoms with Crippen LogP contribution in [0.4, 0.5) is 16.2 Å². The highest BCUT2D eigenvalue weighted by molar-refractivity contribution is 5.86. The fraction of sp³-hybridized carbons (Fsp3) is 0.467. The molecule has 2 aliphatic rings. The molecule has 3 aromatic heterocycles. The third-order valence-electron chi connectivity index (χ3n) is 8.28. The van der Waals surface area contributed by atoms with Crippen molar-refractivity contribution in [2.45, 2.75) is 58.5 Å². The molecule has 1 N–H and O–H groups in total. The third-order valence-corrected chi connectivity index (χ3v) is 8.28. The van der Waals surface area contributed by atoms with Crippen molar-refractivity contribution in [2.24, 2.45) is 7.05 Å². The van der Waals surface area contributed by atoms with Crippen LogP contribution in [0.2, 0.25) is 0 Å². The molecule has 0 bridgehead atoms. The van der Waals surface area contributed by atoms with Crippen molar-refractivity contribution in [3.63, 3.8) is 0 Å². The number of hydrogen-bond acceptors (Lipinski definition) is 7. The van der Waals surface area contributed by atoms with E-state index in [2.05, 4.69) is 57.0 Å². The molecule has 8 nitrogen and oxygen atoms in total. The SMILES string of the molecule is CCN1CCC(N2CCc3nc(Nc4ncc(F)c(-c5ccc6nn(C)c(C(C)C)c6c5)n4)ccc3C2)CC1. The van der Waals surface area contributed by atoms with Gasteiger partial charge in [0.2, 0.25) is 5.95 Å². The number of piperidine rings is 1. The second-order valence-electron chi connectivity index (χ2n) is 11.1. The summed E-state index contributed by atoms with van der Waals surface area (Å²) >= 11 is 0. The second-order valence-corrected chi connectivity index (χ2v) is 11.1. The van der Waals surface area contributed by atoms with Crippen molar-refractivity contribution in [1.29, 1.82) is 0 Å². The summed E-state index contributed by atoms with van der Waals surface area (Å²) in [5.41, 5.74) is 5.37. The molecule has 0 aliphatic carbocycles. The van der Waals surface area contributed by atoms with Gasteiger partial charge in [0, 0.05) is 54.9 Å². The van der Waals surface area contributed by atoms with Crippen molar-refractivity contribution < 1.29 is 4.39 Å². The fourth-order valence-electron chi connectivity index (χ4n) is 6.21. The minimum atomic E-state index is -0.460. The van der Waals surface area contributed by atoms with Crippen LogP contribution >= 0.6 is 0 Å². The molecule has 0 unspecified atom stereocenters. The van der Waals surface area contributed by atoms with Crippen molar-refractivity contribution in [3.8, 4) is 11.3 Å². The van der Waals surface area contributed by atoms with E-state index in [9.17, 15) is 4.39 Å². The molecule has 9 heteroatoms. The molecule has 0 spiro atoms. The highest BCUT2D eigenvalue weighted by Gasteiger charge is 2.27. The first kappa shape index (κ1) is 25.8. The maximum Gasteiger partial charge on any atom is 0.229 e. The van der Waals surface area contributed by atoms with Gasteiger partial charge in [-0.05, 0) is 62.2 Å². The molecule has 4 aromatic rings. The van der Waals surface area contributed by atoms with Crippen LogP contribution in [0.3, 0.4) is 0 Å². The first-order valence-electron chi connectivity index (χ1n) is 14.1. The van der Waals surface area contributed by atoms with Gasteiger partial charge in [-0.3, -0.25) is 9.58 Å². The van der Waals surface area contributed by atoms with Crippen LogP contribution in [-0.4, -0.2) is 66.8 Å². The molecule has 5 heterocycles. The molecule has 0 radical (unpaired) electrons. The zero-order valence-corrected chi connectivity index (χ0v) is 23.3. The molecule has 0 amide bonds. The van der Waals surface area contributed by atoms with E-state index in [-0.39, 0.29) is 5.69 Å². The lowest BCUT2D eigenvalue weighted by Crippen LogP contribution is -2.46. The minimum absolute atomic E-state index is 0.260. The van der Waals surface area contributed by atoms with Crippen LogP contribution < -0.4 is 5.32 Å². The molecule has 0 atom stereocenters. The van der Waals surface area contributed by atoms with Crippen LogP contribution in [-0.2, 0) is 20.0 Å². The number of hydrogen-bond donors (Lipinski definition) is 1. The molecule has 39 heavy (non-hydrogen) atoms. The summed E-state index contributed by atoms with van der Waals surface area (Å²) in [7, 11) is 1.95. The van der Waals surface area contributed by atoms with Gasteiger partial charge in [0.15, 0.2) is 5.82 Å². The Morgan fingerprint density at radius 3 is 2.67 bits per heavy atom. The van der Waals surface area contributed by atoms with Gasteiger partial charge in [0.05, 0.1) is 11.7 Å². The van der Waals surface area contributed by atoms with Gasteiger partial charge in [-0.2, -0.15) is 5.10 Å². The highest BCUT2D eigenvalue weighted by atomic mass is 19.1. The standard InChI is InChI=1S/C30H37FN8/c1-5-38-13-10-22(11-14-38)39-15-12-25-21(18-39)7-9-27(33-25)34-30-32-17-24(31)28(35-30)20-6-8-26-23(16-20)29(19(2)3)37(4)36-26/h6-9,16-17,19,22H,5,10-15,18H2,1-4H3,(H,32,33,34,35). The predicted octanol–water partition coefficient (Wildman–Crippen LogP) is 5.27. The maximum absolute atomic E-state index is 14.9. The number of aryl methyl sites for hydroxylation is 1. The van der Waals surface area contributed by atoms with Crippen LogP contribution in [0.1, 0.15) is 56.5 Å². The van der Waals surface area contributed by atoms with E-state index in [1.165, 1.54) is 37.7 Å². The quantitative estimate of drug-likeness (QED) is 0.365. The van der Waals surface area contributed by atoms with E-state index in [1.807, 2.05) is 36.0 Å². The fourth-order valence-corrected chi connectivity index (χ4v) is 6.21. The number of fused-ring (bicyclic) bond motifs is 2. The first-order valence-corrected chi connectivity index (χ1v) is 14.1. The summed E-state index contributed by atoms with van der Waals surface area (Å²) in [5.74, 6) is 0.840. The lowest BCUT2D eigenvalue weighted by atomic mass is 9.98. The average Bonchev–Trinajstić information content (AvgIpc) is 3.29. The number of rotatable bonds is 6. The largest absolute Gasteiger partial charge is 0.309 e. The zero-order chi connectivity index (χ0) is 27.1. The van der Waals surface area contributed by atoms with Gasteiger partial charge in [0.1, 0.15) is 11.5 Å².